The number of hydrogen-bond acceptors (Lipinski definition) is 1. The molecule has 20 heavy (non-hydrogen) atoms. The summed E-state index contributed by atoms with van der Waals surface area (Å²) in [5.74, 6) is 0.298. The van der Waals surface area contributed by atoms with Gasteiger partial charge in [-0.1, -0.05) is 34.1 Å². The highest BCUT2D eigenvalue weighted by molar-refractivity contribution is 9.10. The van der Waals surface area contributed by atoms with Crippen LogP contribution in [0.15, 0.2) is 46.9 Å². The lowest BCUT2D eigenvalue weighted by atomic mass is 9.96. The molecule has 0 aliphatic rings. The molecule has 0 radical (unpaired) electrons. The average Bonchev–Trinajstić information content (AvgIpc) is 2.40. The van der Waals surface area contributed by atoms with E-state index in [9.17, 15) is 5.11 Å². The van der Waals surface area contributed by atoms with E-state index in [0.29, 0.717) is 5.75 Å². The second-order valence-electron chi connectivity index (χ2n) is 4.63. The molecule has 0 saturated carbocycles. The second kappa shape index (κ2) is 7.50. The van der Waals surface area contributed by atoms with E-state index in [1.54, 1.807) is 6.07 Å². The predicted octanol–water partition coefficient (Wildman–Crippen LogP) is 5.45. The Morgan fingerprint density at radius 3 is 2.40 bits per heavy atom. The van der Waals surface area contributed by atoms with E-state index in [4.69, 9.17) is 22.2 Å². The van der Waals surface area contributed by atoms with Gasteiger partial charge >= 0.3 is 0 Å². The molecule has 1 nitrogen and oxygen atoms in total. The number of aryl methyl sites for hydroxylation is 1. The molecule has 0 saturated heterocycles. The monoisotopic (exact) mass is 388 g/mol. The fraction of sp³-hybridized carbons (Fsp3) is 0.200. The standard InChI is InChI=1S/C15H15BrCl2OSi/c16-13-5-3-11(4-6-13)15-8-7-14(19)10-12(15)2-1-9-20(17)18/h3-8,10,19-20H,1-2,9H2. The lowest BCUT2D eigenvalue weighted by Gasteiger charge is -2.11. The third kappa shape index (κ3) is 4.52. The molecule has 0 amide bonds. The summed E-state index contributed by atoms with van der Waals surface area (Å²) in [7, 11) is -1.54. The van der Waals surface area contributed by atoms with Crippen molar-refractivity contribution in [2.45, 2.75) is 18.9 Å². The van der Waals surface area contributed by atoms with Gasteiger partial charge in [0.2, 0.25) is 7.42 Å². The van der Waals surface area contributed by atoms with Crippen LogP contribution in [-0.4, -0.2) is 12.5 Å². The van der Waals surface area contributed by atoms with Gasteiger partial charge in [0.15, 0.2) is 0 Å². The van der Waals surface area contributed by atoms with Crippen molar-refractivity contribution in [1.29, 1.82) is 0 Å². The number of benzene rings is 2. The summed E-state index contributed by atoms with van der Waals surface area (Å²) in [6.45, 7) is 0. The molecule has 0 atom stereocenters. The van der Waals surface area contributed by atoms with Crippen LogP contribution in [0.2, 0.25) is 6.04 Å². The number of aromatic hydroxyl groups is 1. The van der Waals surface area contributed by atoms with Crippen molar-refractivity contribution in [3.05, 3.63) is 52.5 Å². The van der Waals surface area contributed by atoms with E-state index in [0.717, 1.165) is 40.0 Å². The molecule has 0 unspecified atom stereocenters. The van der Waals surface area contributed by atoms with Crippen LogP contribution in [0, 0.1) is 0 Å². The minimum Gasteiger partial charge on any atom is -0.508 e. The first-order chi connectivity index (χ1) is 9.56. The van der Waals surface area contributed by atoms with Crippen LogP contribution in [0.25, 0.3) is 11.1 Å². The van der Waals surface area contributed by atoms with Crippen LogP contribution >= 0.6 is 38.1 Å². The average molecular weight is 390 g/mol. The molecule has 2 aromatic rings. The maximum absolute atomic E-state index is 9.69. The van der Waals surface area contributed by atoms with Crippen LogP contribution in [0.1, 0.15) is 12.0 Å². The first-order valence-corrected chi connectivity index (χ1v) is 11.5. The van der Waals surface area contributed by atoms with Crippen molar-refractivity contribution < 1.29 is 5.11 Å². The van der Waals surface area contributed by atoms with Crippen LogP contribution < -0.4 is 0 Å². The SMILES string of the molecule is Oc1ccc(-c2ccc(Br)cc2)c(CCC[SiH](Cl)Cl)c1. The topological polar surface area (TPSA) is 20.2 Å². The summed E-state index contributed by atoms with van der Waals surface area (Å²) in [5, 5.41) is 9.69. The van der Waals surface area contributed by atoms with Gasteiger partial charge in [0.1, 0.15) is 5.75 Å². The maximum atomic E-state index is 9.69. The Balaban J connectivity index is 2.25. The Morgan fingerprint density at radius 1 is 1.05 bits per heavy atom. The summed E-state index contributed by atoms with van der Waals surface area (Å²) < 4.78 is 1.06. The van der Waals surface area contributed by atoms with Crippen LogP contribution in [0.5, 0.6) is 5.75 Å². The summed E-state index contributed by atoms with van der Waals surface area (Å²) >= 11 is 15.2. The number of hydrogen-bond donors (Lipinski definition) is 1. The molecule has 0 fully saturated rings. The summed E-state index contributed by atoms with van der Waals surface area (Å²) in [6.07, 6.45) is 1.83. The van der Waals surface area contributed by atoms with Gasteiger partial charge in [0, 0.05) is 4.47 Å². The Hall–Kier alpha value is -0.483. The van der Waals surface area contributed by atoms with Gasteiger partial charge in [-0.25, -0.2) is 0 Å². The first kappa shape index (κ1) is 15.9. The molecule has 2 aromatic carbocycles. The molecule has 0 spiro atoms. The fourth-order valence-electron chi connectivity index (χ4n) is 2.14. The zero-order valence-electron chi connectivity index (χ0n) is 10.8. The lowest BCUT2D eigenvalue weighted by molar-refractivity contribution is 0.474. The van der Waals surface area contributed by atoms with Gasteiger partial charge < -0.3 is 5.11 Å². The van der Waals surface area contributed by atoms with Crippen LogP contribution in [-0.2, 0) is 6.42 Å². The lowest BCUT2D eigenvalue weighted by Crippen LogP contribution is -1.96. The van der Waals surface area contributed by atoms with Crippen molar-refractivity contribution in [3.63, 3.8) is 0 Å². The molecule has 0 aromatic heterocycles. The number of phenolic OH excluding ortho intramolecular Hbond substituents is 1. The molecule has 0 heterocycles. The van der Waals surface area contributed by atoms with E-state index in [1.165, 1.54) is 0 Å². The summed E-state index contributed by atoms with van der Waals surface area (Å²) in [4.78, 5) is 0. The van der Waals surface area contributed by atoms with Crippen molar-refractivity contribution in [2.75, 3.05) is 0 Å². The predicted molar refractivity (Wildman–Crippen MR) is 93.2 cm³/mol. The largest absolute Gasteiger partial charge is 0.508 e. The highest BCUT2D eigenvalue weighted by Crippen LogP contribution is 2.29. The van der Waals surface area contributed by atoms with Crippen LogP contribution in [0.4, 0.5) is 0 Å². The van der Waals surface area contributed by atoms with Crippen molar-refractivity contribution >= 4 is 45.5 Å². The summed E-state index contributed by atoms with van der Waals surface area (Å²) in [6, 6.07) is 14.6. The normalized spacial score (nSPS) is 11.0. The van der Waals surface area contributed by atoms with E-state index in [2.05, 4.69) is 28.1 Å². The van der Waals surface area contributed by atoms with Gasteiger partial charge in [-0.15, -0.1) is 0 Å². The Kier molecular flexibility index (Phi) is 5.96. The van der Waals surface area contributed by atoms with Gasteiger partial charge in [0.05, 0.1) is 0 Å². The van der Waals surface area contributed by atoms with Gasteiger partial charge in [-0.3, -0.25) is 0 Å². The van der Waals surface area contributed by atoms with E-state index < -0.39 is 7.42 Å². The molecule has 0 aliphatic heterocycles. The van der Waals surface area contributed by atoms with Gasteiger partial charge in [-0.05, 0) is 59.8 Å². The highest BCUT2D eigenvalue weighted by atomic mass is 79.9. The van der Waals surface area contributed by atoms with Gasteiger partial charge in [-0.2, -0.15) is 22.2 Å². The van der Waals surface area contributed by atoms with Crippen molar-refractivity contribution in [2.24, 2.45) is 0 Å². The van der Waals surface area contributed by atoms with Crippen LogP contribution in [0.3, 0.4) is 0 Å². The van der Waals surface area contributed by atoms with E-state index in [-0.39, 0.29) is 0 Å². The summed E-state index contributed by atoms with van der Waals surface area (Å²) in [5.41, 5.74) is 3.43. The van der Waals surface area contributed by atoms with Gasteiger partial charge in [0.25, 0.3) is 0 Å². The Bertz CT molecular complexity index is 573. The van der Waals surface area contributed by atoms with E-state index in [1.807, 2.05) is 24.3 Å². The van der Waals surface area contributed by atoms with Crippen molar-refractivity contribution in [3.8, 4) is 16.9 Å². The molecule has 106 valence electrons. The first-order valence-electron chi connectivity index (χ1n) is 6.42. The molecule has 0 aliphatic carbocycles. The van der Waals surface area contributed by atoms with E-state index >= 15 is 0 Å². The number of rotatable bonds is 5. The fourth-order valence-corrected chi connectivity index (χ4v) is 3.85. The highest BCUT2D eigenvalue weighted by Gasteiger charge is 2.08. The molecule has 1 N–H and O–H groups in total. The maximum Gasteiger partial charge on any atom is 0.237 e. The molecular weight excluding hydrogens is 375 g/mol. The Morgan fingerprint density at radius 2 is 1.75 bits per heavy atom. The minimum absolute atomic E-state index is 0.298. The zero-order valence-corrected chi connectivity index (χ0v) is 15.1. The molecule has 2 rings (SSSR count). The molecule has 0 bridgehead atoms. The third-order valence-corrected chi connectivity index (χ3v) is 5.80. The Labute approximate surface area is 138 Å². The zero-order chi connectivity index (χ0) is 14.5. The third-order valence-electron chi connectivity index (χ3n) is 3.11. The molecule has 5 heteroatoms. The second-order valence-corrected chi connectivity index (χ2v) is 10.7. The van der Waals surface area contributed by atoms with Crippen molar-refractivity contribution in [1.82, 2.24) is 0 Å². The molecular formula is C15H15BrCl2OSi. The number of halogens is 3. The number of phenols is 1. The quantitative estimate of drug-likeness (QED) is 0.532. The minimum atomic E-state index is -1.54. The smallest absolute Gasteiger partial charge is 0.237 e.